The number of nitrogens with one attached hydrogen (secondary N) is 1. The van der Waals surface area contributed by atoms with E-state index in [1.165, 1.54) is 12.1 Å². The number of benzene rings is 1. The van der Waals surface area contributed by atoms with Gasteiger partial charge in [0.1, 0.15) is 16.1 Å². The van der Waals surface area contributed by atoms with E-state index >= 15 is 0 Å². The van der Waals surface area contributed by atoms with Crippen LogP contribution >= 0.6 is 22.6 Å². The minimum atomic E-state index is -0.592. The van der Waals surface area contributed by atoms with E-state index in [0.717, 1.165) is 16.8 Å². The number of rotatable bonds is 7. The molecule has 1 fully saturated rings. The second-order valence-electron chi connectivity index (χ2n) is 9.40. The summed E-state index contributed by atoms with van der Waals surface area (Å²) in [5.74, 6) is 0.114. The number of nitrogen functional groups attached to an aromatic ring is 1. The van der Waals surface area contributed by atoms with Crippen molar-refractivity contribution in [1.82, 2.24) is 20.3 Å². The summed E-state index contributed by atoms with van der Waals surface area (Å²) in [6, 6.07) is 9.68. The van der Waals surface area contributed by atoms with Crippen LogP contribution in [0.1, 0.15) is 43.1 Å². The SMILES string of the molecule is COc1cccc(-c2cc(F)ccc2[C@H]2Cc3nc(N)nc(I)c3/C(=N/OCC[C@H]3COC(C)(C)O3)N2)n1. The van der Waals surface area contributed by atoms with E-state index in [1.807, 2.05) is 26.0 Å². The van der Waals surface area contributed by atoms with Crippen molar-refractivity contribution >= 4 is 34.4 Å². The van der Waals surface area contributed by atoms with Crippen LogP contribution in [0.25, 0.3) is 11.3 Å². The van der Waals surface area contributed by atoms with Gasteiger partial charge in [0.25, 0.3) is 0 Å². The fraction of sp³-hybridized carbons (Fsp3) is 0.385. The molecule has 0 saturated carbocycles. The molecule has 2 aliphatic heterocycles. The zero-order valence-corrected chi connectivity index (χ0v) is 23.4. The van der Waals surface area contributed by atoms with E-state index in [1.54, 1.807) is 19.2 Å². The zero-order chi connectivity index (χ0) is 26.9. The minimum absolute atomic E-state index is 0.0649. The molecule has 12 heteroatoms. The first-order valence-electron chi connectivity index (χ1n) is 12.1. The second kappa shape index (κ2) is 10.9. The Morgan fingerprint density at radius 3 is 2.84 bits per heavy atom. The van der Waals surface area contributed by atoms with Crippen molar-refractivity contribution < 1.29 is 23.4 Å². The molecule has 0 amide bonds. The number of anilines is 1. The summed E-state index contributed by atoms with van der Waals surface area (Å²) in [6.45, 7) is 4.61. The van der Waals surface area contributed by atoms with E-state index in [-0.39, 0.29) is 23.9 Å². The van der Waals surface area contributed by atoms with Gasteiger partial charge in [0.2, 0.25) is 11.8 Å². The van der Waals surface area contributed by atoms with Crippen molar-refractivity contribution in [2.24, 2.45) is 5.16 Å². The molecule has 200 valence electrons. The van der Waals surface area contributed by atoms with Crippen LogP contribution in [0.2, 0.25) is 0 Å². The first kappa shape index (κ1) is 26.5. The van der Waals surface area contributed by atoms with Crippen LogP contribution in [-0.2, 0) is 20.7 Å². The van der Waals surface area contributed by atoms with E-state index in [0.29, 0.717) is 52.7 Å². The summed E-state index contributed by atoms with van der Waals surface area (Å²) < 4.78 is 31.8. The number of hydrogen-bond acceptors (Lipinski definition) is 9. The number of nitrogens with two attached hydrogens (primary N) is 1. The zero-order valence-electron chi connectivity index (χ0n) is 21.2. The average Bonchev–Trinajstić information content (AvgIpc) is 3.24. The molecule has 4 heterocycles. The van der Waals surface area contributed by atoms with Gasteiger partial charge in [0.05, 0.1) is 42.8 Å². The number of aromatic nitrogens is 3. The molecule has 1 aromatic carbocycles. The third-order valence-corrected chi connectivity index (χ3v) is 7.04. The Labute approximate surface area is 233 Å². The van der Waals surface area contributed by atoms with Crippen LogP contribution < -0.4 is 15.8 Å². The van der Waals surface area contributed by atoms with Crippen molar-refractivity contribution in [3.63, 3.8) is 0 Å². The molecule has 3 aromatic rings. The molecule has 10 nitrogen and oxygen atoms in total. The highest BCUT2D eigenvalue weighted by atomic mass is 127. The quantitative estimate of drug-likeness (QED) is 0.172. The molecule has 0 bridgehead atoms. The van der Waals surface area contributed by atoms with Crippen molar-refractivity contribution in [2.75, 3.05) is 26.1 Å². The number of halogens is 2. The summed E-state index contributed by atoms with van der Waals surface area (Å²) in [5.41, 5.74) is 9.45. The minimum Gasteiger partial charge on any atom is -0.481 e. The largest absolute Gasteiger partial charge is 0.481 e. The van der Waals surface area contributed by atoms with Crippen molar-refractivity contribution in [3.8, 4) is 17.1 Å². The average molecular weight is 634 g/mol. The molecule has 2 atom stereocenters. The number of hydrogen-bond donors (Lipinski definition) is 2. The molecule has 0 radical (unpaired) electrons. The molecular weight excluding hydrogens is 606 g/mol. The van der Waals surface area contributed by atoms with Crippen molar-refractivity contribution in [1.29, 1.82) is 0 Å². The van der Waals surface area contributed by atoms with Crippen LogP contribution in [0.5, 0.6) is 5.88 Å². The van der Waals surface area contributed by atoms with E-state index < -0.39 is 5.79 Å². The summed E-state index contributed by atoms with van der Waals surface area (Å²) >= 11 is 2.11. The molecule has 2 aliphatic rings. The van der Waals surface area contributed by atoms with Crippen LogP contribution in [0.4, 0.5) is 10.3 Å². The maximum Gasteiger partial charge on any atom is 0.221 e. The first-order valence-corrected chi connectivity index (χ1v) is 13.2. The Bertz CT molecular complexity index is 1370. The Balaban J connectivity index is 1.45. The summed E-state index contributed by atoms with van der Waals surface area (Å²) in [5, 5.41) is 7.86. The molecule has 0 unspecified atom stereocenters. The van der Waals surface area contributed by atoms with Gasteiger partial charge in [-0.2, -0.15) is 0 Å². The van der Waals surface area contributed by atoms with Crippen molar-refractivity contribution in [3.05, 3.63) is 62.7 Å². The lowest BCUT2D eigenvalue weighted by Crippen LogP contribution is -2.38. The van der Waals surface area contributed by atoms with Gasteiger partial charge >= 0.3 is 0 Å². The Kier molecular flexibility index (Phi) is 7.63. The lowest BCUT2D eigenvalue weighted by Gasteiger charge is -2.29. The maximum atomic E-state index is 14.4. The maximum absolute atomic E-state index is 14.4. The highest BCUT2D eigenvalue weighted by Gasteiger charge is 2.33. The van der Waals surface area contributed by atoms with Crippen LogP contribution in [0.15, 0.2) is 41.6 Å². The lowest BCUT2D eigenvalue weighted by atomic mass is 9.90. The van der Waals surface area contributed by atoms with Gasteiger partial charge in [-0.05, 0) is 60.2 Å². The highest BCUT2D eigenvalue weighted by Crippen LogP contribution is 2.34. The normalized spacial score (nSPS) is 21.1. The van der Waals surface area contributed by atoms with Gasteiger partial charge in [-0.25, -0.2) is 19.3 Å². The van der Waals surface area contributed by atoms with Gasteiger partial charge < -0.3 is 30.1 Å². The summed E-state index contributed by atoms with van der Waals surface area (Å²) in [4.78, 5) is 19.0. The van der Waals surface area contributed by atoms with Gasteiger partial charge in [0.15, 0.2) is 11.6 Å². The van der Waals surface area contributed by atoms with Crippen molar-refractivity contribution in [2.45, 2.75) is 44.6 Å². The van der Waals surface area contributed by atoms with Gasteiger partial charge in [-0.15, -0.1) is 0 Å². The van der Waals surface area contributed by atoms with Crippen LogP contribution in [-0.4, -0.2) is 53.0 Å². The number of pyridine rings is 1. The van der Waals surface area contributed by atoms with E-state index in [4.69, 9.17) is 24.8 Å². The molecule has 38 heavy (non-hydrogen) atoms. The topological polar surface area (TPSA) is 126 Å². The lowest BCUT2D eigenvalue weighted by molar-refractivity contribution is -0.140. The number of amidine groups is 1. The van der Waals surface area contributed by atoms with E-state index in [2.05, 4.69) is 48.0 Å². The van der Waals surface area contributed by atoms with Gasteiger partial charge in [0, 0.05) is 24.5 Å². The molecule has 1 saturated heterocycles. The molecule has 2 aromatic heterocycles. The predicted molar refractivity (Wildman–Crippen MR) is 147 cm³/mol. The third kappa shape index (κ3) is 5.81. The van der Waals surface area contributed by atoms with Crippen LogP contribution in [0, 0.1) is 9.52 Å². The number of oxime groups is 1. The number of ether oxygens (including phenoxy) is 3. The van der Waals surface area contributed by atoms with Gasteiger partial charge in [-0.1, -0.05) is 17.3 Å². The fourth-order valence-corrected chi connectivity index (χ4v) is 5.36. The Morgan fingerprint density at radius 1 is 1.24 bits per heavy atom. The van der Waals surface area contributed by atoms with Crippen LogP contribution in [0.3, 0.4) is 0 Å². The summed E-state index contributed by atoms with van der Waals surface area (Å²) in [6.07, 6.45) is 1.03. The fourth-order valence-electron chi connectivity index (χ4n) is 4.55. The molecule has 5 rings (SSSR count). The highest BCUT2D eigenvalue weighted by molar-refractivity contribution is 14.1. The first-order chi connectivity index (χ1) is 18.2. The molecular formula is C26H28FIN6O4. The molecule has 0 spiro atoms. The number of methoxy groups -OCH3 is 1. The monoisotopic (exact) mass is 634 g/mol. The predicted octanol–water partition coefficient (Wildman–Crippen LogP) is 3.98. The summed E-state index contributed by atoms with van der Waals surface area (Å²) in [7, 11) is 1.54. The number of nitrogens with zero attached hydrogens (tertiary/aromatic N) is 4. The van der Waals surface area contributed by atoms with Gasteiger partial charge in [-0.3, -0.25) is 0 Å². The molecule has 3 N–H and O–H groups in total. The van der Waals surface area contributed by atoms with E-state index in [9.17, 15) is 4.39 Å². The molecule has 0 aliphatic carbocycles. The third-order valence-electron chi connectivity index (χ3n) is 6.26. The smallest absolute Gasteiger partial charge is 0.221 e. The standard InChI is InChI=1S/C26H28FIN6O4/c1-26(2)36-13-15(38-26)9-10-37-34-24-22-20(32-25(29)33-23(22)28)12-19(31-24)16-8-7-14(27)11-17(16)18-5-4-6-21(30-18)35-3/h4-8,11,15,19H,9-10,12-13H2,1-3H3,(H,31,34)(H2,29,32,33)/t15-,19+/m0/s1. The Hall–Kier alpha value is -3.10. The second-order valence-corrected chi connectivity index (χ2v) is 10.4. The number of fused-ring (bicyclic) bond motifs is 1. The Morgan fingerprint density at radius 2 is 2.08 bits per heavy atom.